The maximum Gasteiger partial charge on any atom is 0.126 e. The summed E-state index contributed by atoms with van der Waals surface area (Å²) >= 11 is 0. The van der Waals surface area contributed by atoms with Gasteiger partial charge in [0.05, 0.1) is 0 Å². The van der Waals surface area contributed by atoms with Crippen LogP contribution in [-0.4, -0.2) is 18.1 Å². The Hall–Kier alpha value is -1.35. The molecular weight excluding hydrogens is 198 g/mol. The van der Waals surface area contributed by atoms with Crippen LogP contribution in [0.3, 0.4) is 0 Å². The van der Waals surface area contributed by atoms with E-state index in [1.165, 1.54) is 5.57 Å². The van der Waals surface area contributed by atoms with E-state index in [2.05, 4.69) is 30.2 Å². The number of aromatic nitrogens is 1. The highest BCUT2D eigenvalue weighted by atomic mass is 14.8. The quantitative estimate of drug-likeness (QED) is 0.569. The average molecular weight is 219 g/mol. The molecule has 0 unspecified atom stereocenters. The monoisotopic (exact) mass is 219 g/mol. The maximum atomic E-state index is 5.79. The van der Waals surface area contributed by atoms with Gasteiger partial charge < -0.3 is 11.1 Å². The Morgan fingerprint density at radius 1 is 1.56 bits per heavy atom. The number of nitrogens with zero attached hydrogens (tertiary/aromatic N) is 1. The van der Waals surface area contributed by atoms with E-state index in [1.807, 2.05) is 12.1 Å². The standard InChI is InChI=1S/C13H21N3/c1-3-15-8-4-6-11(2)10-12-7-5-9-16-13(12)14/h5-7,9,15H,3-4,8,10H2,1-2H3,(H2,14,16). The molecule has 3 N–H and O–H groups in total. The van der Waals surface area contributed by atoms with Gasteiger partial charge in [-0.25, -0.2) is 4.98 Å². The molecule has 1 rings (SSSR count). The van der Waals surface area contributed by atoms with Crippen molar-refractivity contribution in [1.82, 2.24) is 10.3 Å². The van der Waals surface area contributed by atoms with Crippen LogP contribution < -0.4 is 11.1 Å². The van der Waals surface area contributed by atoms with E-state index in [4.69, 9.17) is 5.73 Å². The molecule has 0 saturated heterocycles. The molecule has 88 valence electrons. The second kappa shape index (κ2) is 7.01. The summed E-state index contributed by atoms with van der Waals surface area (Å²) in [4.78, 5) is 4.08. The predicted molar refractivity (Wildman–Crippen MR) is 69.3 cm³/mol. The van der Waals surface area contributed by atoms with E-state index < -0.39 is 0 Å². The van der Waals surface area contributed by atoms with Crippen molar-refractivity contribution >= 4 is 5.82 Å². The van der Waals surface area contributed by atoms with Crippen molar-refractivity contribution in [1.29, 1.82) is 0 Å². The van der Waals surface area contributed by atoms with Crippen LogP contribution in [0.5, 0.6) is 0 Å². The molecule has 16 heavy (non-hydrogen) atoms. The van der Waals surface area contributed by atoms with Crippen molar-refractivity contribution in [2.24, 2.45) is 0 Å². The number of hydrogen-bond donors (Lipinski definition) is 2. The zero-order valence-corrected chi connectivity index (χ0v) is 10.2. The van der Waals surface area contributed by atoms with E-state index in [1.54, 1.807) is 6.20 Å². The Bertz CT molecular complexity index is 345. The molecule has 0 spiro atoms. The molecule has 0 aliphatic rings. The first-order chi connectivity index (χ1) is 7.74. The number of nitrogens with two attached hydrogens (primary N) is 1. The Labute approximate surface area is 97.8 Å². The first kappa shape index (κ1) is 12.7. The van der Waals surface area contributed by atoms with Crippen molar-refractivity contribution < 1.29 is 0 Å². The van der Waals surface area contributed by atoms with Crippen LogP contribution in [0.4, 0.5) is 5.82 Å². The Kier molecular flexibility index (Phi) is 5.57. The van der Waals surface area contributed by atoms with E-state index in [-0.39, 0.29) is 0 Å². The molecule has 0 fully saturated rings. The second-order valence-corrected chi connectivity index (χ2v) is 3.92. The molecule has 0 aliphatic carbocycles. The van der Waals surface area contributed by atoms with Gasteiger partial charge in [-0.1, -0.05) is 24.6 Å². The van der Waals surface area contributed by atoms with Crippen LogP contribution in [0.1, 0.15) is 25.8 Å². The van der Waals surface area contributed by atoms with Crippen molar-refractivity contribution in [3.05, 3.63) is 35.5 Å². The van der Waals surface area contributed by atoms with Gasteiger partial charge in [-0.3, -0.25) is 0 Å². The van der Waals surface area contributed by atoms with Gasteiger partial charge in [0.25, 0.3) is 0 Å². The van der Waals surface area contributed by atoms with E-state index in [0.717, 1.165) is 31.5 Å². The minimum Gasteiger partial charge on any atom is -0.383 e. The molecule has 3 nitrogen and oxygen atoms in total. The van der Waals surface area contributed by atoms with Gasteiger partial charge in [0.15, 0.2) is 0 Å². The summed E-state index contributed by atoms with van der Waals surface area (Å²) in [6.07, 6.45) is 5.95. The summed E-state index contributed by atoms with van der Waals surface area (Å²) in [6, 6.07) is 3.96. The average Bonchev–Trinajstić information content (AvgIpc) is 2.28. The van der Waals surface area contributed by atoms with Gasteiger partial charge in [0.2, 0.25) is 0 Å². The fourth-order valence-corrected chi connectivity index (χ4v) is 1.57. The highest BCUT2D eigenvalue weighted by molar-refractivity contribution is 5.40. The van der Waals surface area contributed by atoms with E-state index in [0.29, 0.717) is 5.82 Å². The van der Waals surface area contributed by atoms with E-state index in [9.17, 15) is 0 Å². The number of nitrogen functional groups attached to an aromatic ring is 1. The minimum atomic E-state index is 0.641. The molecule has 0 saturated carbocycles. The Morgan fingerprint density at radius 2 is 2.38 bits per heavy atom. The number of allylic oxidation sites excluding steroid dienone is 1. The third kappa shape index (κ3) is 4.45. The highest BCUT2D eigenvalue weighted by Gasteiger charge is 1.99. The summed E-state index contributed by atoms with van der Waals surface area (Å²) in [6.45, 7) is 6.32. The lowest BCUT2D eigenvalue weighted by Gasteiger charge is -2.05. The maximum absolute atomic E-state index is 5.79. The lowest BCUT2D eigenvalue weighted by molar-refractivity contribution is 0.724. The zero-order chi connectivity index (χ0) is 11.8. The first-order valence-corrected chi connectivity index (χ1v) is 5.79. The van der Waals surface area contributed by atoms with Crippen molar-refractivity contribution in [3.63, 3.8) is 0 Å². The molecule has 1 heterocycles. The van der Waals surface area contributed by atoms with Crippen LogP contribution in [0.15, 0.2) is 30.0 Å². The molecule has 1 aromatic heterocycles. The van der Waals surface area contributed by atoms with Crippen LogP contribution in [0.2, 0.25) is 0 Å². The Morgan fingerprint density at radius 3 is 3.06 bits per heavy atom. The third-order valence-corrected chi connectivity index (χ3v) is 2.46. The summed E-state index contributed by atoms with van der Waals surface area (Å²) in [5, 5.41) is 3.30. The van der Waals surface area contributed by atoms with Gasteiger partial charge in [-0.2, -0.15) is 0 Å². The van der Waals surface area contributed by atoms with Crippen molar-refractivity contribution in [2.45, 2.75) is 26.7 Å². The smallest absolute Gasteiger partial charge is 0.126 e. The van der Waals surface area contributed by atoms with Gasteiger partial charge in [-0.15, -0.1) is 0 Å². The number of pyridine rings is 1. The number of nitrogens with one attached hydrogen (secondary N) is 1. The van der Waals surface area contributed by atoms with Crippen LogP contribution >= 0.6 is 0 Å². The van der Waals surface area contributed by atoms with Gasteiger partial charge in [0.1, 0.15) is 5.82 Å². The van der Waals surface area contributed by atoms with Crippen LogP contribution in [0.25, 0.3) is 0 Å². The van der Waals surface area contributed by atoms with E-state index >= 15 is 0 Å². The van der Waals surface area contributed by atoms with Gasteiger partial charge >= 0.3 is 0 Å². The number of anilines is 1. The fraction of sp³-hybridized carbons (Fsp3) is 0.462. The topological polar surface area (TPSA) is 50.9 Å². The summed E-state index contributed by atoms with van der Waals surface area (Å²) in [5.74, 6) is 0.641. The molecule has 0 bridgehead atoms. The molecule has 0 amide bonds. The largest absolute Gasteiger partial charge is 0.383 e. The SMILES string of the molecule is CCNCCC=C(C)Cc1cccnc1N. The summed E-state index contributed by atoms with van der Waals surface area (Å²) in [7, 11) is 0. The lowest BCUT2D eigenvalue weighted by Crippen LogP contribution is -2.13. The molecule has 0 aliphatic heterocycles. The number of rotatable bonds is 6. The normalized spacial score (nSPS) is 11.8. The predicted octanol–water partition coefficient (Wildman–Crippen LogP) is 2.15. The van der Waals surface area contributed by atoms with Gasteiger partial charge in [0, 0.05) is 6.20 Å². The minimum absolute atomic E-state index is 0.641. The number of hydrogen-bond acceptors (Lipinski definition) is 3. The molecule has 0 atom stereocenters. The molecular formula is C13H21N3. The molecule has 0 aromatic carbocycles. The summed E-state index contributed by atoms with van der Waals surface area (Å²) in [5.41, 5.74) is 8.25. The fourth-order valence-electron chi connectivity index (χ4n) is 1.57. The highest BCUT2D eigenvalue weighted by Crippen LogP contribution is 2.12. The second-order valence-electron chi connectivity index (χ2n) is 3.92. The molecule has 1 aromatic rings. The molecule has 0 radical (unpaired) electrons. The van der Waals surface area contributed by atoms with Crippen LogP contribution in [-0.2, 0) is 6.42 Å². The van der Waals surface area contributed by atoms with Crippen molar-refractivity contribution in [3.8, 4) is 0 Å². The third-order valence-electron chi connectivity index (χ3n) is 2.46. The van der Waals surface area contributed by atoms with Crippen molar-refractivity contribution in [2.75, 3.05) is 18.8 Å². The zero-order valence-electron chi connectivity index (χ0n) is 10.2. The van der Waals surface area contributed by atoms with Gasteiger partial charge in [-0.05, 0) is 44.5 Å². The molecule has 3 heteroatoms. The summed E-state index contributed by atoms with van der Waals surface area (Å²) < 4.78 is 0. The Balaban J connectivity index is 2.44. The lowest BCUT2D eigenvalue weighted by atomic mass is 10.1. The first-order valence-electron chi connectivity index (χ1n) is 5.79. The van der Waals surface area contributed by atoms with Crippen LogP contribution in [0, 0.1) is 0 Å².